The van der Waals surface area contributed by atoms with Gasteiger partial charge in [-0.1, -0.05) is 17.7 Å². The number of halogens is 1. The van der Waals surface area contributed by atoms with Crippen LogP contribution in [-0.2, 0) is 6.54 Å². The third-order valence-electron chi connectivity index (χ3n) is 2.37. The summed E-state index contributed by atoms with van der Waals surface area (Å²) < 4.78 is 1.98. The molecule has 0 aliphatic heterocycles. The molecule has 3 nitrogen and oxygen atoms in total. The van der Waals surface area contributed by atoms with E-state index in [2.05, 4.69) is 0 Å². The van der Waals surface area contributed by atoms with Gasteiger partial charge in [0.15, 0.2) is 5.78 Å². The van der Waals surface area contributed by atoms with E-state index in [1.807, 2.05) is 0 Å². The fourth-order valence-corrected chi connectivity index (χ4v) is 2.45. The van der Waals surface area contributed by atoms with Crippen molar-refractivity contribution in [3.63, 3.8) is 0 Å². The molecule has 0 fully saturated rings. The van der Waals surface area contributed by atoms with Gasteiger partial charge < -0.3 is 4.57 Å². The van der Waals surface area contributed by atoms with E-state index in [9.17, 15) is 9.59 Å². The van der Waals surface area contributed by atoms with Crippen LogP contribution in [0, 0.1) is 6.92 Å². The Kier molecular flexibility index (Phi) is 3.45. The maximum atomic E-state index is 11.9. The second kappa shape index (κ2) is 4.85. The minimum Gasteiger partial charge on any atom is -0.307 e. The highest BCUT2D eigenvalue weighted by molar-refractivity contribution is 7.18. The highest BCUT2D eigenvalue weighted by Crippen LogP contribution is 2.21. The van der Waals surface area contributed by atoms with Crippen molar-refractivity contribution in [3.05, 3.63) is 55.6 Å². The maximum Gasteiger partial charge on any atom is 0.253 e. The van der Waals surface area contributed by atoms with Crippen LogP contribution in [0.15, 0.2) is 35.3 Å². The number of Topliss-reactive ketones (excluding diaryl/α,β-unsaturated/α-hetero) is 1. The largest absolute Gasteiger partial charge is 0.307 e. The van der Waals surface area contributed by atoms with Crippen LogP contribution in [0.3, 0.4) is 0 Å². The Morgan fingerprint density at radius 2 is 2.18 bits per heavy atom. The first kappa shape index (κ1) is 12.1. The Labute approximate surface area is 107 Å². The number of hydrogen-bond donors (Lipinski definition) is 0. The minimum atomic E-state index is -0.136. The molecule has 0 radical (unpaired) electrons. The number of aryl methyl sites for hydroxylation is 1. The number of carbonyl (C=O) groups excluding carboxylic acids is 1. The Bertz CT molecular complexity index is 615. The van der Waals surface area contributed by atoms with Crippen LogP contribution >= 0.6 is 22.9 Å². The van der Waals surface area contributed by atoms with Crippen LogP contribution in [0.4, 0.5) is 0 Å². The van der Waals surface area contributed by atoms with Gasteiger partial charge in [-0.3, -0.25) is 9.59 Å². The van der Waals surface area contributed by atoms with Gasteiger partial charge in [0.25, 0.3) is 5.56 Å². The third kappa shape index (κ3) is 2.65. The van der Waals surface area contributed by atoms with Crippen LogP contribution < -0.4 is 5.56 Å². The summed E-state index contributed by atoms with van der Waals surface area (Å²) in [5.74, 6) is -0.102. The molecular formula is C12H10ClNO2S. The van der Waals surface area contributed by atoms with Gasteiger partial charge in [-0.05, 0) is 25.1 Å². The molecule has 2 aromatic heterocycles. The van der Waals surface area contributed by atoms with E-state index in [0.29, 0.717) is 14.8 Å². The van der Waals surface area contributed by atoms with Crippen molar-refractivity contribution >= 4 is 28.7 Å². The minimum absolute atomic E-state index is 0.0529. The number of thiophene rings is 1. The second-order valence-corrected chi connectivity index (χ2v) is 5.37. The number of pyridine rings is 1. The summed E-state index contributed by atoms with van der Waals surface area (Å²) in [7, 11) is 0. The zero-order valence-electron chi connectivity index (χ0n) is 9.14. The van der Waals surface area contributed by atoms with Crippen LogP contribution in [0.1, 0.15) is 15.2 Å². The molecule has 2 aromatic rings. The molecule has 2 rings (SSSR count). The lowest BCUT2D eigenvalue weighted by molar-refractivity contribution is 0.0975. The van der Waals surface area contributed by atoms with E-state index in [0.717, 1.165) is 0 Å². The van der Waals surface area contributed by atoms with Gasteiger partial charge in [0.2, 0.25) is 0 Å². The van der Waals surface area contributed by atoms with Gasteiger partial charge >= 0.3 is 0 Å². The first-order valence-corrected chi connectivity index (χ1v) is 6.22. The quantitative estimate of drug-likeness (QED) is 0.802. The first-order chi connectivity index (χ1) is 8.08. The average Bonchev–Trinajstić information content (AvgIpc) is 2.72. The zero-order valence-corrected chi connectivity index (χ0v) is 10.7. The SMILES string of the molecule is Cc1cccn(CC(=O)c2ccc(Cl)s2)c1=O. The molecule has 0 saturated carbocycles. The molecule has 0 aliphatic rings. The lowest BCUT2D eigenvalue weighted by atomic mass is 10.3. The Morgan fingerprint density at radius 1 is 1.41 bits per heavy atom. The molecule has 0 atom stereocenters. The van der Waals surface area contributed by atoms with Crippen molar-refractivity contribution in [2.45, 2.75) is 13.5 Å². The van der Waals surface area contributed by atoms with Crippen LogP contribution in [0.2, 0.25) is 4.34 Å². The third-order valence-corrected chi connectivity index (χ3v) is 3.64. The first-order valence-electron chi connectivity index (χ1n) is 5.02. The maximum absolute atomic E-state index is 11.9. The molecule has 0 saturated heterocycles. The Hall–Kier alpha value is -1.39. The Balaban J connectivity index is 2.25. The summed E-state index contributed by atoms with van der Waals surface area (Å²) >= 11 is 6.99. The lowest BCUT2D eigenvalue weighted by Gasteiger charge is -2.04. The molecule has 0 aromatic carbocycles. The van der Waals surface area contributed by atoms with Gasteiger partial charge in [0, 0.05) is 11.8 Å². The predicted molar refractivity (Wildman–Crippen MR) is 69.1 cm³/mol. The average molecular weight is 268 g/mol. The number of aromatic nitrogens is 1. The second-order valence-electron chi connectivity index (χ2n) is 3.65. The standard InChI is InChI=1S/C12H10ClNO2S/c1-8-3-2-6-14(12(8)16)7-9(15)10-4-5-11(13)17-10/h2-6H,7H2,1H3. The monoisotopic (exact) mass is 267 g/mol. The number of carbonyl (C=O) groups is 1. The number of rotatable bonds is 3. The van der Waals surface area contributed by atoms with Crippen molar-refractivity contribution in [3.8, 4) is 0 Å². The van der Waals surface area contributed by atoms with Crippen molar-refractivity contribution in [2.75, 3.05) is 0 Å². The summed E-state index contributed by atoms with van der Waals surface area (Å²) in [6.45, 7) is 1.78. The molecule has 5 heteroatoms. The molecular weight excluding hydrogens is 258 g/mol. The van der Waals surface area contributed by atoms with E-state index in [4.69, 9.17) is 11.6 Å². The lowest BCUT2D eigenvalue weighted by Crippen LogP contribution is -2.24. The van der Waals surface area contributed by atoms with E-state index in [-0.39, 0.29) is 17.9 Å². The van der Waals surface area contributed by atoms with Gasteiger partial charge in [0.1, 0.15) is 0 Å². The van der Waals surface area contributed by atoms with Crippen LogP contribution in [0.25, 0.3) is 0 Å². The number of hydrogen-bond acceptors (Lipinski definition) is 3. The molecule has 88 valence electrons. The summed E-state index contributed by atoms with van der Waals surface area (Å²) in [5.41, 5.74) is 0.494. The number of ketones is 1. The van der Waals surface area contributed by atoms with Crippen LogP contribution in [0.5, 0.6) is 0 Å². The molecule has 2 heterocycles. The summed E-state index contributed by atoms with van der Waals surface area (Å²) in [4.78, 5) is 24.2. The highest BCUT2D eigenvalue weighted by atomic mass is 35.5. The molecule has 0 unspecified atom stereocenters. The van der Waals surface area contributed by atoms with Crippen molar-refractivity contribution < 1.29 is 4.79 Å². The Morgan fingerprint density at radius 3 is 2.82 bits per heavy atom. The molecule has 0 bridgehead atoms. The van der Waals surface area contributed by atoms with Gasteiger partial charge in [0.05, 0.1) is 15.8 Å². The van der Waals surface area contributed by atoms with Crippen LogP contribution in [-0.4, -0.2) is 10.4 Å². The van der Waals surface area contributed by atoms with E-state index < -0.39 is 0 Å². The van der Waals surface area contributed by atoms with E-state index in [1.54, 1.807) is 37.4 Å². The predicted octanol–water partition coefficient (Wildman–Crippen LogP) is 2.75. The highest BCUT2D eigenvalue weighted by Gasteiger charge is 2.10. The topological polar surface area (TPSA) is 39.1 Å². The van der Waals surface area contributed by atoms with E-state index in [1.165, 1.54) is 15.9 Å². The molecule has 0 amide bonds. The van der Waals surface area contributed by atoms with Crippen molar-refractivity contribution in [1.29, 1.82) is 0 Å². The number of nitrogens with zero attached hydrogens (tertiary/aromatic N) is 1. The molecule has 0 aliphatic carbocycles. The molecule has 0 N–H and O–H groups in total. The smallest absolute Gasteiger partial charge is 0.253 e. The summed E-state index contributed by atoms with van der Waals surface area (Å²) in [6.07, 6.45) is 1.61. The molecule has 0 spiro atoms. The van der Waals surface area contributed by atoms with E-state index >= 15 is 0 Å². The van der Waals surface area contributed by atoms with Gasteiger partial charge in [-0.15, -0.1) is 11.3 Å². The van der Waals surface area contributed by atoms with Gasteiger partial charge in [-0.2, -0.15) is 0 Å². The zero-order chi connectivity index (χ0) is 12.4. The molecule has 17 heavy (non-hydrogen) atoms. The van der Waals surface area contributed by atoms with Gasteiger partial charge in [-0.25, -0.2) is 0 Å². The van der Waals surface area contributed by atoms with Crippen molar-refractivity contribution in [2.24, 2.45) is 0 Å². The van der Waals surface area contributed by atoms with Crippen molar-refractivity contribution in [1.82, 2.24) is 4.57 Å². The summed E-state index contributed by atoms with van der Waals surface area (Å²) in [6, 6.07) is 6.84. The summed E-state index contributed by atoms with van der Waals surface area (Å²) in [5, 5.41) is 0. The fraction of sp³-hybridized carbons (Fsp3) is 0.167. The fourth-order valence-electron chi connectivity index (χ4n) is 1.48. The normalized spacial score (nSPS) is 10.5.